The molecule has 1 rings (SSSR count). The monoisotopic (exact) mass is 170 g/mol. The van der Waals surface area contributed by atoms with Crippen molar-refractivity contribution in [2.24, 2.45) is 11.7 Å². The summed E-state index contributed by atoms with van der Waals surface area (Å²) in [6.45, 7) is 2.37. The maximum atomic E-state index is 10.5. The first-order valence-electron chi connectivity index (χ1n) is 4.68. The predicted octanol–water partition coefficient (Wildman–Crippen LogP) is 0.640. The molecule has 0 aromatic heterocycles. The zero-order valence-corrected chi connectivity index (χ0v) is 7.68. The van der Waals surface area contributed by atoms with Gasteiger partial charge in [0.25, 0.3) is 0 Å². The molecular weight excluding hydrogens is 152 g/mol. The Labute approximate surface area is 73.7 Å². The molecule has 0 spiro atoms. The first-order valence-corrected chi connectivity index (χ1v) is 4.68. The second-order valence-electron chi connectivity index (χ2n) is 3.71. The van der Waals surface area contributed by atoms with Gasteiger partial charge < -0.3 is 11.1 Å². The summed E-state index contributed by atoms with van der Waals surface area (Å²) in [4.78, 5) is 10.5. The molecule has 3 nitrogen and oxygen atoms in total. The highest BCUT2D eigenvalue weighted by atomic mass is 16.1. The smallest absolute Gasteiger partial charge is 0.216 e. The van der Waals surface area contributed by atoms with E-state index in [9.17, 15) is 4.79 Å². The van der Waals surface area contributed by atoms with Crippen molar-refractivity contribution in [2.45, 2.75) is 38.6 Å². The zero-order valence-electron chi connectivity index (χ0n) is 7.68. The lowest BCUT2D eigenvalue weighted by Gasteiger charge is -2.08. The first-order chi connectivity index (χ1) is 5.68. The van der Waals surface area contributed by atoms with Crippen LogP contribution in [0.3, 0.4) is 0 Å². The third-order valence-electron chi connectivity index (χ3n) is 2.51. The molecule has 2 atom stereocenters. The molecule has 0 saturated heterocycles. The maximum absolute atomic E-state index is 10.5. The van der Waals surface area contributed by atoms with E-state index in [4.69, 9.17) is 5.73 Å². The zero-order chi connectivity index (χ0) is 8.97. The summed E-state index contributed by atoms with van der Waals surface area (Å²) in [6, 6.07) is 0.410. The Hall–Kier alpha value is -0.570. The molecule has 2 unspecified atom stereocenters. The Kier molecular flexibility index (Phi) is 3.53. The number of carbonyl (C=O) groups excluding carboxylic acids is 1. The molecule has 0 heterocycles. The quantitative estimate of drug-likeness (QED) is 0.653. The van der Waals surface area contributed by atoms with Crippen LogP contribution >= 0.6 is 0 Å². The molecule has 1 aliphatic rings. The van der Waals surface area contributed by atoms with Gasteiger partial charge in [-0.05, 0) is 31.6 Å². The van der Waals surface area contributed by atoms with E-state index >= 15 is 0 Å². The molecule has 1 saturated carbocycles. The van der Waals surface area contributed by atoms with Crippen molar-refractivity contribution >= 4 is 5.91 Å². The van der Waals surface area contributed by atoms with Gasteiger partial charge in [-0.15, -0.1) is 0 Å². The molecule has 3 N–H and O–H groups in total. The van der Waals surface area contributed by atoms with E-state index in [1.54, 1.807) is 6.92 Å². The van der Waals surface area contributed by atoms with Gasteiger partial charge >= 0.3 is 0 Å². The molecule has 1 fully saturated rings. The second-order valence-corrected chi connectivity index (χ2v) is 3.71. The van der Waals surface area contributed by atoms with Crippen LogP contribution in [0, 0.1) is 5.92 Å². The van der Waals surface area contributed by atoms with Gasteiger partial charge in [0.05, 0.1) is 0 Å². The topological polar surface area (TPSA) is 55.1 Å². The van der Waals surface area contributed by atoms with Crippen LogP contribution in [0.25, 0.3) is 0 Å². The van der Waals surface area contributed by atoms with E-state index in [2.05, 4.69) is 5.32 Å². The summed E-state index contributed by atoms with van der Waals surface area (Å²) in [6.07, 6.45) is 4.62. The summed E-state index contributed by atoms with van der Waals surface area (Å²) in [5, 5.41) is 2.81. The number of hydrogen-bond acceptors (Lipinski definition) is 2. The summed E-state index contributed by atoms with van der Waals surface area (Å²) in [5.74, 6) is 0.809. The average molecular weight is 170 g/mol. The SMILES string of the molecule is CC(=O)NCCC1CCC(N)C1. The minimum Gasteiger partial charge on any atom is -0.356 e. The van der Waals surface area contributed by atoms with Gasteiger partial charge in [0.2, 0.25) is 5.91 Å². The van der Waals surface area contributed by atoms with Crippen LogP contribution < -0.4 is 11.1 Å². The van der Waals surface area contributed by atoms with E-state index in [0.29, 0.717) is 6.04 Å². The summed E-state index contributed by atoms with van der Waals surface area (Å²) >= 11 is 0. The lowest BCUT2D eigenvalue weighted by Crippen LogP contribution is -2.23. The van der Waals surface area contributed by atoms with Crippen molar-refractivity contribution in [3.05, 3.63) is 0 Å². The largest absolute Gasteiger partial charge is 0.356 e. The van der Waals surface area contributed by atoms with Gasteiger partial charge in [-0.1, -0.05) is 0 Å². The van der Waals surface area contributed by atoms with Gasteiger partial charge in [-0.3, -0.25) is 4.79 Å². The van der Waals surface area contributed by atoms with Crippen LogP contribution in [0.15, 0.2) is 0 Å². The summed E-state index contributed by atoms with van der Waals surface area (Å²) in [5.41, 5.74) is 5.77. The molecule has 0 bridgehead atoms. The number of nitrogens with two attached hydrogens (primary N) is 1. The number of nitrogens with one attached hydrogen (secondary N) is 1. The summed E-state index contributed by atoms with van der Waals surface area (Å²) in [7, 11) is 0. The minimum absolute atomic E-state index is 0.0669. The Morgan fingerprint density at radius 2 is 2.33 bits per heavy atom. The van der Waals surface area contributed by atoms with E-state index in [0.717, 1.165) is 31.7 Å². The molecule has 1 aliphatic carbocycles. The third kappa shape index (κ3) is 3.22. The predicted molar refractivity (Wildman–Crippen MR) is 48.6 cm³/mol. The molecule has 0 radical (unpaired) electrons. The first kappa shape index (κ1) is 9.52. The Morgan fingerprint density at radius 1 is 1.58 bits per heavy atom. The normalized spacial score (nSPS) is 28.8. The van der Waals surface area contributed by atoms with Gasteiger partial charge in [0, 0.05) is 19.5 Å². The lowest BCUT2D eigenvalue weighted by atomic mass is 10.0. The highest BCUT2D eigenvalue weighted by molar-refractivity contribution is 5.72. The Balaban J connectivity index is 2.04. The minimum atomic E-state index is 0.0669. The Bertz CT molecular complexity index is 159. The number of rotatable bonds is 3. The van der Waals surface area contributed by atoms with Crippen LogP contribution in [0.5, 0.6) is 0 Å². The van der Waals surface area contributed by atoms with Gasteiger partial charge in [-0.25, -0.2) is 0 Å². The van der Waals surface area contributed by atoms with E-state index in [-0.39, 0.29) is 5.91 Å². The third-order valence-corrected chi connectivity index (χ3v) is 2.51. The Morgan fingerprint density at radius 3 is 2.83 bits per heavy atom. The van der Waals surface area contributed by atoms with Gasteiger partial charge in [-0.2, -0.15) is 0 Å². The molecule has 1 amide bonds. The second kappa shape index (κ2) is 4.45. The molecule has 0 aromatic rings. The molecule has 70 valence electrons. The van der Waals surface area contributed by atoms with Crippen molar-refractivity contribution in [1.29, 1.82) is 0 Å². The molecule has 0 aliphatic heterocycles. The van der Waals surface area contributed by atoms with Crippen molar-refractivity contribution in [3.63, 3.8) is 0 Å². The number of carbonyl (C=O) groups is 1. The standard InChI is InChI=1S/C9H18N2O/c1-7(12)11-5-4-8-2-3-9(10)6-8/h8-9H,2-6,10H2,1H3,(H,11,12). The van der Waals surface area contributed by atoms with Crippen molar-refractivity contribution in [3.8, 4) is 0 Å². The van der Waals surface area contributed by atoms with Crippen molar-refractivity contribution < 1.29 is 4.79 Å². The van der Waals surface area contributed by atoms with E-state index < -0.39 is 0 Å². The number of amides is 1. The van der Waals surface area contributed by atoms with Crippen LogP contribution in [0.4, 0.5) is 0 Å². The van der Waals surface area contributed by atoms with Crippen molar-refractivity contribution in [2.75, 3.05) is 6.54 Å². The van der Waals surface area contributed by atoms with Crippen LogP contribution in [0.1, 0.15) is 32.6 Å². The summed E-state index contributed by atoms with van der Waals surface area (Å²) < 4.78 is 0. The molecule has 3 heteroatoms. The highest BCUT2D eigenvalue weighted by Crippen LogP contribution is 2.26. The highest BCUT2D eigenvalue weighted by Gasteiger charge is 2.20. The average Bonchev–Trinajstić information content (AvgIpc) is 2.35. The van der Waals surface area contributed by atoms with Crippen LogP contribution in [-0.4, -0.2) is 18.5 Å². The lowest BCUT2D eigenvalue weighted by molar-refractivity contribution is -0.118. The van der Waals surface area contributed by atoms with E-state index in [1.165, 1.54) is 6.42 Å². The fourth-order valence-electron chi connectivity index (χ4n) is 1.83. The van der Waals surface area contributed by atoms with Gasteiger partial charge in [0.1, 0.15) is 0 Å². The molecule has 12 heavy (non-hydrogen) atoms. The number of hydrogen-bond donors (Lipinski definition) is 2. The van der Waals surface area contributed by atoms with Crippen LogP contribution in [0.2, 0.25) is 0 Å². The van der Waals surface area contributed by atoms with E-state index in [1.807, 2.05) is 0 Å². The van der Waals surface area contributed by atoms with Gasteiger partial charge in [0.15, 0.2) is 0 Å². The fraction of sp³-hybridized carbons (Fsp3) is 0.889. The van der Waals surface area contributed by atoms with Crippen molar-refractivity contribution in [1.82, 2.24) is 5.32 Å². The molecule has 0 aromatic carbocycles. The molecular formula is C9H18N2O. The maximum Gasteiger partial charge on any atom is 0.216 e. The van der Waals surface area contributed by atoms with Crippen LogP contribution in [-0.2, 0) is 4.79 Å². The fourth-order valence-corrected chi connectivity index (χ4v) is 1.83.